The van der Waals surface area contributed by atoms with E-state index < -0.39 is 11.9 Å². The van der Waals surface area contributed by atoms with Crippen molar-refractivity contribution >= 4 is 29.5 Å². The standard InChI is InChI=1S/C26H30N2O5/c1-20(26(31)32)19-27-24(30)18-13-11-9-7-5-4-6-8-10-12-15-22-16-14-17-23(33-3)25(22)28-21(2)29/h4-18,20H,19H2,1-3H3,(H,27,30)(H,28,29)(H,31,32). The van der Waals surface area contributed by atoms with E-state index in [0.717, 1.165) is 5.56 Å². The van der Waals surface area contributed by atoms with Crippen molar-refractivity contribution < 1.29 is 24.2 Å². The molecule has 1 atom stereocenters. The van der Waals surface area contributed by atoms with Gasteiger partial charge < -0.3 is 20.5 Å². The van der Waals surface area contributed by atoms with Crippen LogP contribution in [0.5, 0.6) is 5.75 Å². The van der Waals surface area contributed by atoms with Crippen LogP contribution in [0, 0.1) is 5.92 Å². The number of hydrogen-bond acceptors (Lipinski definition) is 4. The Morgan fingerprint density at radius 1 is 0.970 bits per heavy atom. The summed E-state index contributed by atoms with van der Waals surface area (Å²) in [6.07, 6.45) is 21.2. The van der Waals surface area contributed by atoms with Crippen molar-refractivity contribution in [2.45, 2.75) is 13.8 Å². The Labute approximate surface area is 194 Å². The molecule has 2 amide bonds. The van der Waals surface area contributed by atoms with Crippen LogP contribution in [0.4, 0.5) is 5.69 Å². The molecular formula is C26H30N2O5. The van der Waals surface area contributed by atoms with Gasteiger partial charge in [0.05, 0.1) is 18.7 Å². The van der Waals surface area contributed by atoms with E-state index in [9.17, 15) is 14.4 Å². The Morgan fingerprint density at radius 3 is 2.09 bits per heavy atom. The van der Waals surface area contributed by atoms with Crippen LogP contribution in [0.1, 0.15) is 19.4 Å². The molecule has 1 aromatic carbocycles. The lowest BCUT2D eigenvalue weighted by molar-refractivity contribution is -0.141. The van der Waals surface area contributed by atoms with Crippen molar-refractivity contribution in [1.82, 2.24) is 5.32 Å². The van der Waals surface area contributed by atoms with Crippen LogP contribution in [0.2, 0.25) is 0 Å². The zero-order valence-corrected chi connectivity index (χ0v) is 19.0. The Morgan fingerprint density at radius 2 is 1.55 bits per heavy atom. The number of allylic oxidation sites excluding steroid dienone is 10. The molecule has 0 bridgehead atoms. The average molecular weight is 451 g/mol. The van der Waals surface area contributed by atoms with E-state index in [2.05, 4.69) is 10.6 Å². The third-order valence-electron chi connectivity index (χ3n) is 4.11. The minimum absolute atomic E-state index is 0.0889. The van der Waals surface area contributed by atoms with Gasteiger partial charge in [0.25, 0.3) is 0 Å². The van der Waals surface area contributed by atoms with Crippen molar-refractivity contribution in [3.05, 3.63) is 90.6 Å². The van der Waals surface area contributed by atoms with Crippen LogP contribution in [0.25, 0.3) is 6.08 Å². The van der Waals surface area contributed by atoms with Crippen LogP contribution in [-0.2, 0) is 14.4 Å². The maximum Gasteiger partial charge on any atom is 0.308 e. The zero-order valence-electron chi connectivity index (χ0n) is 19.0. The summed E-state index contributed by atoms with van der Waals surface area (Å²) in [6.45, 7) is 3.07. The molecule has 1 aromatic rings. The fourth-order valence-corrected chi connectivity index (χ4v) is 2.38. The van der Waals surface area contributed by atoms with E-state index in [1.807, 2.05) is 60.7 Å². The number of carbonyl (C=O) groups is 3. The molecule has 33 heavy (non-hydrogen) atoms. The van der Waals surface area contributed by atoms with Crippen LogP contribution in [0.3, 0.4) is 0 Å². The molecule has 1 unspecified atom stereocenters. The molecule has 0 aliphatic heterocycles. The summed E-state index contributed by atoms with van der Waals surface area (Å²) in [7, 11) is 1.56. The van der Waals surface area contributed by atoms with Crippen LogP contribution in [0.15, 0.2) is 85.0 Å². The van der Waals surface area contributed by atoms with Crippen molar-refractivity contribution in [1.29, 1.82) is 0 Å². The Kier molecular flexibility index (Phi) is 12.8. The summed E-state index contributed by atoms with van der Waals surface area (Å²) in [4.78, 5) is 33.6. The topological polar surface area (TPSA) is 105 Å². The normalized spacial score (nSPS) is 13.1. The van der Waals surface area contributed by atoms with E-state index in [4.69, 9.17) is 9.84 Å². The maximum absolute atomic E-state index is 11.5. The smallest absolute Gasteiger partial charge is 0.308 e. The summed E-state index contributed by atoms with van der Waals surface area (Å²) in [5.41, 5.74) is 1.46. The van der Waals surface area contributed by atoms with Gasteiger partial charge in [0.15, 0.2) is 0 Å². The number of aliphatic carboxylic acids is 1. The second-order valence-corrected chi connectivity index (χ2v) is 6.85. The third kappa shape index (κ3) is 11.7. The van der Waals surface area contributed by atoms with Gasteiger partial charge in [-0.05, 0) is 6.07 Å². The number of rotatable bonds is 12. The van der Waals surface area contributed by atoms with Crippen LogP contribution in [-0.4, -0.2) is 36.5 Å². The van der Waals surface area contributed by atoms with Gasteiger partial charge >= 0.3 is 5.97 Å². The fourth-order valence-electron chi connectivity index (χ4n) is 2.38. The first-order chi connectivity index (χ1) is 15.8. The van der Waals surface area contributed by atoms with Gasteiger partial charge in [-0.3, -0.25) is 14.4 Å². The predicted molar refractivity (Wildman–Crippen MR) is 132 cm³/mol. The van der Waals surface area contributed by atoms with Gasteiger partial charge in [0, 0.05) is 25.1 Å². The second-order valence-electron chi connectivity index (χ2n) is 6.85. The molecular weight excluding hydrogens is 420 g/mol. The van der Waals surface area contributed by atoms with Gasteiger partial charge in [0.2, 0.25) is 11.8 Å². The molecule has 0 saturated heterocycles. The highest BCUT2D eigenvalue weighted by molar-refractivity contribution is 5.93. The molecule has 7 heteroatoms. The highest BCUT2D eigenvalue weighted by atomic mass is 16.5. The second kappa shape index (κ2) is 15.6. The van der Waals surface area contributed by atoms with E-state index >= 15 is 0 Å². The summed E-state index contributed by atoms with van der Waals surface area (Å²) in [5.74, 6) is -1.49. The highest BCUT2D eigenvalue weighted by Crippen LogP contribution is 2.29. The molecule has 0 radical (unpaired) electrons. The van der Waals surface area contributed by atoms with Gasteiger partial charge in [-0.1, -0.05) is 85.9 Å². The molecule has 0 spiro atoms. The van der Waals surface area contributed by atoms with E-state index in [-0.39, 0.29) is 18.4 Å². The number of hydrogen-bond donors (Lipinski definition) is 3. The first-order valence-electron chi connectivity index (χ1n) is 10.3. The Bertz CT molecular complexity index is 984. The number of anilines is 1. The largest absolute Gasteiger partial charge is 0.495 e. The number of nitrogens with one attached hydrogen (secondary N) is 2. The fraction of sp³-hybridized carbons (Fsp3) is 0.192. The van der Waals surface area contributed by atoms with E-state index in [1.54, 1.807) is 31.4 Å². The summed E-state index contributed by atoms with van der Waals surface area (Å²) in [5, 5.41) is 14.1. The van der Waals surface area contributed by atoms with Crippen molar-refractivity contribution in [2.24, 2.45) is 5.92 Å². The van der Waals surface area contributed by atoms with Gasteiger partial charge in [-0.25, -0.2) is 0 Å². The van der Waals surface area contributed by atoms with E-state index in [0.29, 0.717) is 11.4 Å². The minimum atomic E-state index is -0.948. The number of benzene rings is 1. The van der Waals surface area contributed by atoms with Gasteiger partial charge in [-0.15, -0.1) is 0 Å². The number of carboxylic acids is 1. The molecule has 0 aromatic heterocycles. The number of methoxy groups -OCH3 is 1. The molecule has 0 saturated carbocycles. The predicted octanol–water partition coefficient (Wildman–Crippen LogP) is 4.28. The molecule has 7 nitrogen and oxygen atoms in total. The van der Waals surface area contributed by atoms with Crippen LogP contribution >= 0.6 is 0 Å². The molecule has 0 heterocycles. The summed E-state index contributed by atoms with van der Waals surface area (Å²) >= 11 is 0. The summed E-state index contributed by atoms with van der Waals surface area (Å²) < 4.78 is 5.30. The lowest BCUT2D eigenvalue weighted by atomic mass is 10.1. The Balaban J connectivity index is 2.46. The number of carboxylic acid groups (broad SMARTS) is 1. The molecule has 0 fully saturated rings. The quantitative estimate of drug-likeness (QED) is 0.326. The number of carbonyl (C=O) groups excluding carboxylic acids is 2. The first kappa shape index (κ1) is 26.9. The van der Waals surface area contributed by atoms with Gasteiger partial charge in [0.1, 0.15) is 5.75 Å². The monoisotopic (exact) mass is 450 g/mol. The third-order valence-corrected chi connectivity index (χ3v) is 4.11. The Hall–Kier alpha value is -4.13. The van der Waals surface area contributed by atoms with Crippen molar-refractivity contribution in [2.75, 3.05) is 19.0 Å². The lowest BCUT2D eigenvalue weighted by Crippen LogP contribution is -2.30. The number of ether oxygens (including phenoxy) is 1. The SMILES string of the molecule is COc1cccc(C=CC=CC=CC=CC=CC=CC(=O)NCC(C)C(=O)O)c1NC(C)=O. The van der Waals surface area contributed by atoms with Crippen LogP contribution < -0.4 is 15.4 Å². The van der Waals surface area contributed by atoms with Gasteiger partial charge in [-0.2, -0.15) is 0 Å². The summed E-state index contributed by atoms with van der Waals surface area (Å²) in [6, 6.07) is 5.53. The van der Waals surface area contributed by atoms with Crippen molar-refractivity contribution in [3.8, 4) is 5.75 Å². The minimum Gasteiger partial charge on any atom is -0.495 e. The first-order valence-corrected chi connectivity index (χ1v) is 10.3. The molecule has 3 N–H and O–H groups in total. The molecule has 0 aliphatic rings. The maximum atomic E-state index is 11.5. The lowest BCUT2D eigenvalue weighted by Gasteiger charge is -2.11. The van der Waals surface area contributed by atoms with Crippen molar-refractivity contribution in [3.63, 3.8) is 0 Å². The highest BCUT2D eigenvalue weighted by Gasteiger charge is 2.10. The average Bonchev–Trinajstić information content (AvgIpc) is 2.78. The molecule has 0 aliphatic carbocycles. The number of amides is 2. The molecule has 174 valence electrons. The zero-order chi connectivity index (χ0) is 24.5. The van der Waals surface area contributed by atoms with E-state index in [1.165, 1.54) is 19.9 Å². The number of para-hydroxylation sites is 1. The molecule has 1 rings (SSSR count).